The van der Waals surface area contributed by atoms with Crippen LogP contribution in [0.15, 0.2) is 29.1 Å². The van der Waals surface area contributed by atoms with Crippen molar-refractivity contribution in [3.63, 3.8) is 0 Å². The zero-order chi connectivity index (χ0) is 14.1. The first-order valence-electron chi connectivity index (χ1n) is 6.70. The zero-order valence-electron chi connectivity index (χ0n) is 11.3. The van der Waals surface area contributed by atoms with Gasteiger partial charge in [-0.15, -0.1) is 0 Å². The molecule has 106 valence electrons. The molecule has 6 nitrogen and oxygen atoms in total. The van der Waals surface area contributed by atoms with E-state index in [1.54, 1.807) is 4.57 Å². The van der Waals surface area contributed by atoms with Crippen molar-refractivity contribution in [2.24, 2.45) is 5.92 Å². The zero-order valence-corrected chi connectivity index (χ0v) is 11.3. The summed E-state index contributed by atoms with van der Waals surface area (Å²) in [5.41, 5.74) is 1.45. The number of H-pyrrole nitrogens is 1. The number of methoxy groups -OCH3 is 1. The summed E-state index contributed by atoms with van der Waals surface area (Å²) in [6, 6.07) is 7.35. The number of fused-ring (bicyclic) bond motifs is 1. The number of esters is 1. The SMILES string of the molecule is COC(=O)[C@H]1CNCC[C@@H]1n1c(=O)[nH]c2ccccc21. The van der Waals surface area contributed by atoms with E-state index in [1.807, 2.05) is 24.3 Å². The first-order valence-corrected chi connectivity index (χ1v) is 6.70. The number of aromatic amines is 1. The van der Waals surface area contributed by atoms with Gasteiger partial charge < -0.3 is 15.0 Å². The Hall–Kier alpha value is -2.08. The summed E-state index contributed by atoms with van der Waals surface area (Å²) in [5.74, 6) is -0.620. The highest BCUT2D eigenvalue weighted by Crippen LogP contribution is 2.27. The fraction of sp³-hybridized carbons (Fsp3) is 0.429. The Morgan fingerprint density at radius 3 is 3.00 bits per heavy atom. The van der Waals surface area contributed by atoms with Crippen molar-refractivity contribution in [2.75, 3.05) is 20.2 Å². The lowest BCUT2D eigenvalue weighted by atomic mass is 9.93. The van der Waals surface area contributed by atoms with Crippen molar-refractivity contribution >= 4 is 17.0 Å². The highest BCUT2D eigenvalue weighted by Gasteiger charge is 2.34. The number of benzene rings is 1. The second-order valence-corrected chi connectivity index (χ2v) is 5.01. The highest BCUT2D eigenvalue weighted by molar-refractivity contribution is 5.77. The number of imidazole rings is 1. The van der Waals surface area contributed by atoms with Gasteiger partial charge in [-0.25, -0.2) is 4.79 Å². The Morgan fingerprint density at radius 2 is 2.20 bits per heavy atom. The van der Waals surface area contributed by atoms with Crippen LogP contribution in [0, 0.1) is 5.92 Å². The summed E-state index contributed by atoms with van der Waals surface area (Å²) >= 11 is 0. The van der Waals surface area contributed by atoms with E-state index < -0.39 is 0 Å². The van der Waals surface area contributed by atoms with Crippen LogP contribution in [0.5, 0.6) is 0 Å². The fourth-order valence-electron chi connectivity index (χ4n) is 2.95. The maximum absolute atomic E-state index is 12.2. The van der Waals surface area contributed by atoms with E-state index in [4.69, 9.17) is 4.74 Å². The number of piperidine rings is 1. The summed E-state index contributed by atoms with van der Waals surface area (Å²) < 4.78 is 6.56. The molecule has 0 unspecified atom stereocenters. The molecular formula is C14H17N3O3. The second-order valence-electron chi connectivity index (χ2n) is 5.01. The lowest BCUT2D eigenvalue weighted by molar-refractivity contribution is -0.147. The molecule has 1 aliphatic heterocycles. The van der Waals surface area contributed by atoms with Gasteiger partial charge in [-0.3, -0.25) is 9.36 Å². The number of nitrogens with zero attached hydrogens (tertiary/aromatic N) is 1. The third-order valence-corrected chi connectivity index (χ3v) is 3.91. The van der Waals surface area contributed by atoms with E-state index in [0.29, 0.717) is 6.54 Å². The number of carbonyl (C=O) groups is 1. The Kier molecular flexibility index (Phi) is 3.31. The number of nitrogens with one attached hydrogen (secondary N) is 2. The van der Waals surface area contributed by atoms with Crippen LogP contribution in [0.25, 0.3) is 11.0 Å². The summed E-state index contributed by atoms with van der Waals surface area (Å²) in [6.45, 7) is 1.31. The Bertz CT molecular complexity index is 688. The van der Waals surface area contributed by atoms with E-state index >= 15 is 0 Å². The molecule has 2 aromatic rings. The second kappa shape index (κ2) is 5.13. The lowest BCUT2D eigenvalue weighted by Gasteiger charge is -2.31. The number of para-hydroxylation sites is 2. The van der Waals surface area contributed by atoms with Gasteiger partial charge >= 0.3 is 11.7 Å². The summed E-state index contributed by atoms with van der Waals surface area (Å²) in [6.07, 6.45) is 0.724. The Labute approximate surface area is 115 Å². The van der Waals surface area contributed by atoms with E-state index in [2.05, 4.69) is 10.3 Å². The average molecular weight is 275 g/mol. The first kappa shape index (κ1) is 12.9. The van der Waals surface area contributed by atoms with E-state index in [-0.39, 0.29) is 23.6 Å². The smallest absolute Gasteiger partial charge is 0.326 e. The van der Waals surface area contributed by atoms with Crippen LogP contribution in [0.4, 0.5) is 0 Å². The molecule has 20 heavy (non-hydrogen) atoms. The molecule has 2 N–H and O–H groups in total. The molecule has 1 saturated heterocycles. The number of hydrogen-bond acceptors (Lipinski definition) is 4. The quantitative estimate of drug-likeness (QED) is 0.789. The van der Waals surface area contributed by atoms with Crippen molar-refractivity contribution in [1.82, 2.24) is 14.9 Å². The third kappa shape index (κ3) is 2.02. The number of hydrogen-bond donors (Lipinski definition) is 2. The fourth-order valence-corrected chi connectivity index (χ4v) is 2.95. The maximum Gasteiger partial charge on any atom is 0.326 e. The molecule has 1 aromatic heterocycles. The van der Waals surface area contributed by atoms with Crippen LogP contribution >= 0.6 is 0 Å². The molecule has 0 aliphatic carbocycles. The van der Waals surface area contributed by atoms with Gasteiger partial charge in [-0.2, -0.15) is 0 Å². The van der Waals surface area contributed by atoms with Crippen LogP contribution in [0.3, 0.4) is 0 Å². The number of carbonyl (C=O) groups excluding carboxylic acids is 1. The van der Waals surface area contributed by atoms with Crippen molar-refractivity contribution in [3.05, 3.63) is 34.7 Å². The molecule has 2 heterocycles. The van der Waals surface area contributed by atoms with Crippen molar-refractivity contribution < 1.29 is 9.53 Å². The van der Waals surface area contributed by atoms with Crippen molar-refractivity contribution in [3.8, 4) is 0 Å². The number of aromatic nitrogens is 2. The monoisotopic (exact) mass is 275 g/mol. The lowest BCUT2D eigenvalue weighted by Crippen LogP contribution is -2.44. The van der Waals surface area contributed by atoms with E-state index in [9.17, 15) is 9.59 Å². The molecule has 0 bridgehead atoms. The van der Waals surface area contributed by atoms with Gasteiger partial charge in [-0.05, 0) is 25.1 Å². The minimum atomic E-state index is -0.342. The Morgan fingerprint density at radius 1 is 1.40 bits per heavy atom. The molecule has 6 heteroatoms. The molecule has 0 radical (unpaired) electrons. The molecule has 2 atom stereocenters. The molecule has 0 amide bonds. The number of rotatable bonds is 2. The van der Waals surface area contributed by atoms with Crippen LogP contribution < -0.4 is 11.0 Å². The normalized spacial score (nSPS) is 22.9. The molecular weight excluding hydrogens is 258 g/mol. The first-order chi connectivity index (χ1) is 9.72. The third-order valence-electron chi connectivity index (χ3n) is 3.91. The van der Waals surface area contributed by atoms with E-state index in [0.717, 1.165) is 24.0 Å². The predicted octanol–water partition coefficient (Wildman–Crippen LogP) is 0.653. The van der Waals surface area contributed by atoms with Crippen LogP contribution in [0.1, 0.15) is 12.5 Å². The van der Waals surface area contributed by atoms with Crippen LogP contribution in [0.2, 0.25) is 0 Å². The predicted molar refractivity (Wildman–Crippen MR) is 74.6 cm³/mol. The summed E-state index contributed by atoms with van der Waals surface area (Å²) in [5, 5.41) is 3.18. The minimum absolute atomic E-state index is 0.174. The van der Waals surface area contributed by atoms with Gasteiger partial charge in [0.2, 0.25) is 0 Å². The summed E-state index contributed by atoms with van der Waals surface area (Å²) in [4.78, 5) is 27.0. The van der Waals surface area contributed by atoms with Gasteiger partial charge in [0.05, 0.1) is 30.1 Å². The largest absolute Gasteiger partial charge is 0.469 e. The topological polar surface area (TPSA) is 76.1 Å². The molecule has 1 aliphatic rings. The minimum Gasteiger partial charge on any atom is -0.469 e. The molecule has 3 rings (SSSR count). The van der Waals surface area contributed by atoms with Gasteiger partial charge in [0.15, 0.2) is 0 Å². The van der Waals surface area contributed by atoms with Crippen LogP contribution in [-0.2, 0) is 9.53 Å². The highest BCUT2D eigenvalue weighted by atomic mass is 16.5. The molecule has 0 spiro atoms. The number of ether oxygens (including phenoxy) is 1. The summed E-state index contributed by atoms with van der Waals surface area (Å²) in [7, 11) is 1.38. The standard InChI is InChI=1S/C14H17N3O3/c1-20-13(18)9-8-15-7-6-11(9)17-12-5-3-2-4-10(12)16-14(17)19/h2-5,9,11,15H,6-8H2,1H3,(H,16,19)/t9-,11-/m0/s1. The van der Waals surface area contributed by atoms with Crippen molar-refractivity contribution in [1.29, 1.82) is 0 Å². The molecule has 0 saturated carbocycles. The molecule has 1 aromatic carbocycles. The van der Waals surface area contributed by atoms with Crippen molar-refractivity contribution in [2.45, 2.75) is 12.5 Å². The molecule has 1 fully saturated rings. The van der Waals surface area contributed by atoms with Gasteiger partial charge in [-0.1, -0.05) is 12.1 Å². The maximum atomic E-state index is 12.2. The average Bonchev–Trinajstić information content (AvgIpc) is 2.82. The van der Waals surface area contributed by atoms with Gasteiger partial charge in [0.25, 0.3) is 0 Å². The van der Waals surface area contributed by atoms with Crippen LogP contribution in [-0.4, -0.2) is 35.7 Å². The van der Waals surface area contributed by atoms with E-state index in [1.165, 1.54) is 7.11 Å². The van der Waals surface area contributed by atoms with Gasteiger partial charge in [0, 0.05) is 6.54 Å². The Balaban J connectivity index is 2.10. The van der Waals surface area contributed by atoms with Gasteiger partial charge in [0.1, 0.15) is 0 Å².